The zero-order valence-corrected chi connectivity index (χ0v) is 14.8. The van der Waals surface area contributed by atoms with Crippen molar-refractivity contribution in [3.05, 3.63) is 28.8 Å². The van der Waals surface area contributed by atoms with E-state index < -0.39 is 15.6 Å². The summed E-state index contributed by atoms with van der Waals surface area (Å²) in [4.78, 5) is 0.258. The third-order valence-corrected chi connectivity index (χ3v) is 6.01. The van der Waals surface area contributed by atoms with Crippen molar-refractivity contribution in [1.29, 1.82) is 0 Å². The highest BCUT2D eigenvalue weighted by molar-refractivity contribution is 7.89. The van der Waals surface area contributed by atoms with Crippen LogP contribution >= 0.6 is 23.8 Å². The fraction of sp³-hybridized carbons (Fsp3) is 0.500. The molecule has 1 aromatic carbocycles. The molecule has 0 unspecified atom stereocenters. The highest BCUT2D eigenvalue weighted by Gasteiger charge is 2.30. The molecular formula is C14H21ClN2O2S2. The Balaban J connectivity index is 3.20. The summed E-state index contributed by atoms with van der Waals surface area (Å²) in [6.45, 7) is 5.91. The lowest BCUT2D eigenvalue weighted by atomic mass is 9.91. The Hall–Kier alpha value is -0.690. The standard InChI is InChI=1S/C14H21ClN2O2S2/c1-4-14(5-2,6-3)17-21(18,19)10-7-8-11(13(16)20)12(15)9-10/h7-9,17H,4-6H2,1-3H3,(H2,16,20). The minimum absolute atomic E-state index is 0.118. The van der Waals surface area contributed by atoms with Crippen molar-refractivity contribution in [3.63, 3.8) is 0 Å². The molecule has 0 aliphatic heterocycles. The molecule has 0 radical (unpaired) electrons. The maximum absolute atomic E-state index is 12.5. The van der Waals surface area contributed by atoms with Gasteiger partial charge in [0.25, 0.3) is 0 Å². The Labute approximate surface area is 137 Å². The van der Waals surface area contributed by atoms with E-state index in [9.17, 15) is 8.42 Å². The van der Waals surface area contributed by atoms with Crippen LogP contribution in [-0.2, 0) is 10.0 Å². The number of benzene rings is 1. The molecule has 21 heavy (non-hydrogen) atoms. The Morgan fingerprint density at radius 3 is 2.19 bits per heavy atom. The van der Waals surface area contributed by atoms with Crippen LogP contribution in [0.5, 0.6) is 0 Å². The first-order valence-corrected chi connectivity index (χ1v) is 9.11. The topological polar surface area (TPSA) is 72.2 Å². The van der Waals surface area contributed by atoms with Crippen molar-refractivity contribution >= 4 is 38.8 Å². The van der Waals surface area contributed by atoms with Crippen molar-refractivity contribution in [2.75, 3.05) is 0 Å². The van der Waals surface area contributed by atoms with Crippen LogP contribution in [0.4, 0.5) is 0 Å². The molecule has 1 aromatic rings. The van der Waals surface area contributed by atoms with Gasteiger partial charge in [0.2, 0.25) is 10.0 Å². The summed E-state index contributed by atoms with van der Waals surface area (Å²) in [5.74, 6) is 0. The van der Waals surface area contributed by atoms with Crippen molar-refractivity contribution in [1.82, 2.24) is 4.72 Å². The number of hydrogen-bond acceptors (Lipinski definition) is 3. The molecule has 0 spiro atoms. The molecule has 0 amide bonds. The minimum atomic E-state index is -3.64. The number of rotatable bonds is 7. The molecule has 0 aromatic heterocycles. The Morgan fingerprint density at radius 2 is 1.81 bits per heavy atom. The molecule has 7 heteroatoms. The van der Waals surface area contributed by atoms with Crippen LogP contribution in [0.2, 0.25) is 5.02 Å². The van der Waals surface area contributed by atoms with Gasteiger partial charge in [-0.25, -0.2) is 13.1 Å². The minimum Gasteiger partial charge on any atom is -0.389 e. The van der Waals surface area contributed by atoms with Gasteiger partial charge in [0.05, 0.1) is 9.92 Å². The SMILES string of the molecule is CCC(CC)(CC)NS(=O)(=O)c1ccc(C(N)=S)c(Cl)c1. The van der Waals surface area contributed by atoms with Crippen molar-refractivity contribution in [2.45, 2.75) is 50.5 Å². The molecule has 0 aliphatic rings. The lowest BCUT2D eigenvalue weighted by Crippen LogP contribution is -2.46. The summed E-state index contributed by atoms with van der Waals surface area (Å²) in [7, 11) is -3.64. The zero-order valence-electron chi connectivity index (χ0n) is 12.4. The number of thiocarbonyl (C=S) groups is 1. The average Bonchev–Trinajstić information content (AvgIpc) is 2.44. The largest absolute Gasteiger partial charge is 0.389 e. The lowest BCUT2D eigenvalue weighted by molar-refractivity contribution is 0.341. The second-order valence-corrected chi connectivity index (χ2v) is 7.48. The van der Waals surface area contributed by atoms with Gasteiger partial charge in [-0.1, -0.05) is 44.6 Å². The molecule has 0 bridgehead atoms. The molecule has 4 nitrogen and oxygen atoms in total. The van der Waals surface area contributed by atoms with Crippen LogP contribution in [-0.4, -0.2) is 18.9 Å². The number of nitrogens with one attached hydrogen (secondary N) is 1. The highest BCUT2D eigenvalue weighted by atomic mass is 35.5. The second-order valence-electron chi connectivity index (χ2n) is 4.95. The average molecular weight is 349 g/mol. The molecular weight excluding hydrogens is 328 g/mol. The van der Waals surface area contributed by atoms with Crippen LogP contribution in [0.1, 0.15) is 45.6 Å². The first-order valence-electron chi connectivity index (χ1n) is 6.84. The zero-order chi connectivity index (χ0) is 16.3. The normalized spacial score (nSPS) is 12.4. The van der Waals surface area contributed by atoms with Crippen molar-refractivity contribution < 1.29 is 8.42 Å². The number of hydrogen-bond donors (Lipinski definition) is 2. The lowest BCUT2D eigenvalue weighted by Gasteiger charge is -2.31. The van der Waals surface area contributed by atoms with E-state index in [1.807, 2.05) is 20.8 Å². The van der Waals surface area contributed by atoms with E-state index in [4.69, 9.17) is 29.6 Å². The summed E-state index contributed by atoms with van der Waals surface area (Å²) in [5, 5.41) is 0.237. The van der Waals surface area contributed by atoms with Gasteiger partial charge < -0.3 is 5.73 Å². The van der Waals surface area contributed by atoms with Crippen molar-refractivity contribution in [3.8, 4) is 0 Å². The summed E-state index contributed by atoms with van der Waals surface area (Å²) >= 11 is 10.9. The van der Waals surface area contributed by atoms with Gasteiger partial charge in [-0.3, -0.25) is 0 Å². The van der Waals surface area contributed by atoms with E-state index in [0.29, 0.717) is 5.56 Å². The van der Waals surface area contributed by atoms with Gasteiger partial charge >= 0.3 is 0 Å². The molecule has 0 atom stereocenters. The van der Waals surface area contributed by atoms with E-state index in [1.165, 1.54) is 18.2 Å². The highest BCUT2D eigenvalue weighted by Crippen LogP contribution is 2.25. The van der Waals surface area contributed by atoms with E-state index in [-0.39, 0.29) is 14.9 Å². The molecule has 118 valence electrons. The van der Waals surface area contributed by atoms with Crippen LogP contribution in [0.25, 0.3) is 0 Å². The van der Waals surface area contributed by atoms with Crippen LogP contribution in [0.3, 0.4) is 0 Å². The van der Waals surface area contributed by atoms with Crippen LogP contribution in [0.15, 0.2) is 23.1 Å². The molecule has 3 N–H and O–H groups in total. The quantitative estimate of drug-likeness (QED) is 0.742. The predicted molar refractivity (Wildman–Crippen MR) is 91.3 cm³/mol. The fourth-order valence-corrected chi connectivity index (χ4v) is 4.40. The van der Waals surface area contributed by atoms with Gasteiger partial charge in [0.15, 0.2) is 0 Å². The Kier molecular flexibility index (Phi) is 6.16. The van der Waals surface area contributed by atoms with E-state index in [1.54, 1.807) is 0 Å². The monoisotopic (exact) mass is 348 g/mol. The molecule has 0 saturated carbocycles. The first-order chi connectivity index (χ1) is 9.71. The third-order valence-electron chi connectivity index (χ3n) is 3.90. The third kappa shape index (κ3) is 4.16. The number of halogens is 1. The van der Waals surface area contributed by atoms with Gasteiger partial charge in [0.1, 0.15) is 4.99 Å². The van der Waals surface area contributed by atoms with E-state index >= 15 is 0 Å². The fourth-order valence-electron chi connectivity index (χ4n) is 2.17. The van der Waals surface area contributed by atoms with E-state index in [2.05, 4.69) is 4.72 Å². The molecule has 1 rings (SSSR count). The Bertz CT molecular complexity index is 618. The molecule has 0 heterocycles. The van der Waals surface area contributed by atoms with E-state index in [0.717, 1.165) is 19.3 Å². The molecule has 0 fully saturated rings. The summed E-state index contributed by atoms with van der Waals surface area (Å²) < 4.78 is 27.8. The van der Waals surface area contributed by atoms with Gasteiger partial charge in [0, 0.05) is 11.1 Å². The second kappa shape index (κ2) is 7.05. The maximum atomic E-state index is 12.5. The smallest absolute Gasteiger partial charge is 0.241 e. The maximum Gasteiger partial charge on any atom is 0.241 e. The van der Waals surface area contributed by atoms with Gasteiger partial charge in [-0.05, 0) is 37.5 Å². The summed E-state index contributed by atoms with van der Waals surface area (Å²) in [6.07, 6.45) is 2.16. The molecule has 0 aliphatic carbocycles. The molecule has 0 saturated heterocycles. The predicted octanol–water partition coefficient (Wildman–Crippen LogP) is 3.22. The van der Waals surface area contributed by atoms with Crippen molar-refractivity contribution in [2.24, 2.45) is 5.73 Å². The summed E-state index contributed by atoms with van der Waals surface area (Å²) in [6, 6.07) is 4.38. The number of sulfonamides is 1. The van der Waals surface area contributed by atoms with Crippen LogP contribution < -0.4 is 10.5 Å². The van der Waals surface area contributed by atoms with Gasteiger partial charge in [-0.15, -0.1) is 0 Å². The number of nitrogens with two attached hydrogens (primary N) is 1. The Morgan fingerprint density at radius 1 is 1.29 bits per heavy atom. The summed E-state index contributed by atoms with van der Waals surface area (Å²) in [5.41, 5.74) is 5.56. The van der Waals surface area contributed by atoms with Gasteiger partial charge in [-0.2, -0.15) is 0 Å². The van der Waals surface area contributed by atoms with Crippen LogP contribution in [0, 0.1) is 0 Å². The first kappa shape index (κ1) is 18.4.